The van der Waals surface area contributed by atoms with Crippen molar-refractivity contribution in [2.75, 3.05) is 0 Å². The van der Waals surface area contributed by atoms with Crippen molar-refractivity contribution in [1.82, 2.24) is 0 Å². The van der Waals surface area contributed by atoms with Crippen LogP contribution < -0.4 is 0 Å². The van der Waals surface area contributed by atoms with E-state index in [0.717, 1.165) is 5.57 Å². The molecule has 0 aromatic heterocycles. The molecule has 0 bridgehead atoms. The van der Waals surface area contributed by atoms with Crippen molar-refractivity contribution < 1.29 is 24.2 Å². The first-order valence-electron chi connectivity index (χ1n) is 7.66. The highest BCUT2D eigenvalue weighted by Crippen LogP contribution is 2.57. The van der Waals surface area contributed by atoms with E-state index in [4.69, 9.17) is 9.47 Å². The van der Waals surface area contributed by atoms with Gasteiger partial charge < -0.3 is 14.6 Å². The van der Waals surface area contributed by atoms with Gasteiger partial charge >= 0.3 is 11.9 Å². The number of ether oxygens (including phenoxy) is 2. The summed E-state index contributed by atoms with van der Waals surface area (Å²) in [7, 11) is 0. The van der Waals surface area contributed by atoms with Crippen LogP contribution in [0.5, 0.6) is 0 Å². The van der Waals surface area contributed by atoms with Crippen LogP contribution in [0.15, 0.2) is 24.3 Å². The summed E-state index contributed by atoms with van der Waals surface area (Å²) >= 11 is 0. The van der Waals surface area contributed by atoms with Crippen LogP contribution in [0.25, 0.3) is 0 Å². The van der Waals surface area contributed by atoms with Crippen LogP contribution in [0.1, 0.15) is 33.1 Å². The molecule has 1 heterocycles. The molecular weight excluding hydrogens is 284 g/mol. The van der Waals surface area contributed by atoms with Crippen molar-refractivity contribution >= 4 is 11.9 Å². The zero-order valence-corrected chi connectivity index (χ0v) is 13.0. The molecule has 2 saturated carbocycles. The van der Waals surface area contributed by atoms with Gasteiger partial charge in [0.15, 0.2) is 0 Å². The van der Waals surface area contributed by atoms with Gasteiger partial charge in [-0.25, -0.2) is 4.79 Å². The first-order chi connectivity index (χ1) is 10.2. The number of esters is 2. The van der Waals surface area contributed by atoms with Crippen LogP contribution in [-0.4, -0.2) is 35.4 Å². The quantitative estimate of drug-likeness (QED) is 0.454. The Morgan fingerprint density at radius 1 is 1.41 bits per heavy atom. The maximum absolute atomic E-state index is 11.7. The van der Waals surface area contributed by atoms with E-state index in [0.29, 0.717) is 24.8 Å². The van der Waals surface area contributed by atoms with Gasteiger partial charge in [0.25, 0.3) is 0 Å². The van der Waals surface area contributed by atoms with Gasteiger partial charge in [0.2, 0.25) is 0 Å². The highest BCUT2D eigenvalue weighted by Gasteiger charge is 2.56. The molecule has 0 amide bonds. The van der Waals surface area contributed by atoms with Crippen molar-refractivity contribution in [2.24, 2.45) is 17.3 Å². The lowest BCUT2D eigenvalue weighted by Crippen LogP contribution is -2.52. The lowest BCUT2D eigenvalue weighted by molar-refractivity contribution is -0.159. The largest absolute Gasteiger partial charge is 0.458 e. The summed E-state index contributed by atoms with van der Waals surface area (Å²) in [6, 6.07) is 0. The molecule has 0 spiro atoms. The Kier molecular flexibility index (Phi) is 3.44. The number of hydrogen-bond donors (Lipinski definition) is 1. The number of fused-ring (bicyclic) bond motifs is 2. The number of hydrogen-bond acceptors (Lipinski definition) is 5. The molecule has 5 heteroatoms. The molecule has 0 aromatic carbocycles. The fourth-order valence-corrected chi connectivity index (χ4v) is 4.48. The fourth-order valence-electron chi connectivity index (χ4n) is 4.48. The van der Waals surface area contributed by atoms with Gasteiger partial charge in [-0.3, -0.25) is 4.79 Å². The molecule has 5 nitrogen and oxygen atoms in total. The van der Waals surface area contributed by atoms with Gasteiger partial charge in [-0.15, -0.1) is 0 Å². The predicted molar refractivity (Wildman–Crippen MR) is 78.7 cm³/mol. The molecule has 3 fully saturated rings. The molecule has 0 radical (unpaired) electrons. The normalized spacial score (nSPS) is 44.1. The summed E-state index contributed by atoms with van der Waals surface area (Å²) in [5.74, 6) is -0.672. The summed E-state index contributed by atoms with van der Waals surface area (Å²) in [6.07, 6.45) is 0.284. The van der Waals surface area contributed by atoms with Gasteiger partial charge in [-0.1, -0.05) is 20.1 Å². The second-order valence-corrected chi connectivity index (χ2v) is 7.10. The van der Waals surface area contributed by atoms with E-state index in [1.165, 1.54) is 6.92 Å². The summed E-state index contributed by atoms with van der Waals surface area (Å²) < 4.78 is 10.7. The third-order valence-electron chi connectivity index (χ3n) is 5.55. The maximum Gasteiger partial charge on any atom is 0.334 e. The fraction of sp³-hybridized carbons (Fsp3) is 0.647. The molecule has 22 heavy (non-hydrogen) atoms. The summed E-state index contributed by atoms with van der Waals surface area (Å²) in [4.78, 5) is 23.0. The highest BCUT2D eigenvalue weighted by atomic mass is 16.6. The van der Waals surface area contributed by atoms with Crippen molar-refractivity contribution in [2.45, 2.75) is 51.4 Å². The highest BCUT2D eigenvalue weighted by molar-refractivity contribution is 5.90. The molecule has 3 rings (SSSR count). The van der Waals surface area contributed by atoms with E-state index < -0.39 is 18.2 Å². The molecule has 1 aliphatic heterocycles. The molecule has 0 unspecified atom stereocenters. The molecule has 3 aliphatic rings. The standard InChI is InChI=1S/C17H22O5/c1-8-11-5-12-9(2)15(21-10(3)18)13(19)6-17(12,4)7-14(11)22-16(8)20/h11-15,19H,1-2,5-7H2,3-4H3/t11-,12-,13-,14-,15-,17-/m1/s1. The van der Waals surface area contributed by atoms with Crippen LogP contribution in [0.4, 0.5) is 0 Å². The topological polar surface area (TPSA) is 72.8 Å². The van der Waals surface area contributed by atoms with Crippen LogP contribution >= 0.6 is 0 Å². The SMILES string of the molecule is C=C1C(=O)O[C@@H]2C[C@@]3(C)C[C@@H](O)[C@H](OC(C)=O)C(=C)[C@H]3C[C@H]12. The van der Waals surface area contributed by atoms with Gasteiger partial charge in [-0.2, -0.15) is 0 Å². The minimum atomic E-state index is -0.769. The van der Waals surface area contributed by atoms with E-state index in [1.54, 1.807) is 0 Å². The Balaban J connectivity index is 1.88. The smallest absolute Gasteiger partial charge is 0.334 e. The van der Waals surface area contributed by atoms with Crippen LogP contribution in [0.3, 0.4) is 0 Å². The van der Waals surface area contributed by atoms with Crippen LogP contribution in [0, 0.1) is 17.3 Å². The van der Waals surface area contributed by atoms with E-state index in [9.17, 15) is 14.7 Å². The van der Waals surface area contributed by atoms with Crippen molar-refractivity contribution in [3.63, 3.8) is 0 Å². The predicted octanol–water partition coefficient (Wildman–Crippen LogP) is 1.75. The zero-order chi connectivity index (χ0) is 16.2. The monoisotopic (exact) mass is 306 g/mol. The van der Waals surface area contributed by atoms with Crippen LogP contribution in [-0.2, 0) is 19.1 Å². The van der Waals surface area contributed by atoms with Crippen molar-refractivity contribution in [1.29, 1.82) is 0 Å². The molecule has 1 N–H and O–H groups in total. The van der Waals surface area contributed by atoms with Gasteiger partial charge in [-0.05, 0) is 36.2 Å². The van der Waals surface area contributed by atoms with Gasteiger partial charge in [0.1, 0.15) is 12.2 Å². The van der Waals surface area contributed by atoms with E-state index in [2.05, 4.69) is 20.1 Å². The molecular formula is C17H22O5. The van der Waals surface area contributed by atoms with E-state index >= 15 is 0 Å². The Morgan fingerprint density at radius 3 is 2.73 bits per heavy atom. The van der Waals surface area contributed by atoms with Crippen molar-refractivity contribution in [3.05, 3.63) is 24.3 Å². The van der Waals surface area contributed by atoms with Gasteiger partial charge in [0.05, 0.1) is 6.10 Å². The number of rotatable bonds is 1. The van der Waals surface area contributed by atoms with Gasteiger partial charge in [0, 0.05) is 18.4 Å². The summed E-state index contributed by atoms with van der Waals surface area (Å²) in [5, 5.41) is 10.4. The lowest BCUT2D eigenvalue weighted by atomic mass is 9.54. The second kappa shape index (κ2) is 4.95. The van der Waals surface area contributed by atoms with Crippen molar-refractivity contribution in [3.8, 4) is 0 Å². The molecule has 0 aromatic rings. The minimum absolute atomic E-state index is 0.00412. The van der Waals surface area contributed by atoms with E-state index in [1.807, 2.05) is 0 Å². The van der Waals surface area contributed by atoms with Crippen LogP contribution in [0.2, 0.25) is 0 Å². The first-order valence-corrected chi connectivity index (χ1v) is 7.66. The molecule has 6 atom stereocenters. The minimum Gasteiger partial charge on any atom is -0.458 e. The summed E-state index contributed by atoms with van der Waals surface area (Å²) in [5.41, 5.74) is 1.05. The number of carbonyl (C=O) groups excluding carboxylic acids is 2. The third kappa shape index (κ3) is 2.19. The Hall–Kier alpha value is -1.62. The van der Waals surface area contributed by atoms with E-state index in [-0.39, 0.29) is 29.3 Å². The third-order valence-corrected chi connectivity index (χ3v) is 5.55. The zero-order valence-electron chi connectivity index (χ0n) is 13.0. The summed E-state index contributed by atoms with van der Waals surface area (Å²) in [6.45, 7) is 11.4. The Morgan fingerprint density at radius 2 is 2.09 bits per heavy atom. The molecule has 120 valence electrons. The average Bonchev–Trinajstić information content (AvgIpc) is 2.67. The number of aliphatic hydroxyl groups is 1. The molecule has 2 aliphatic carbocycles. The average molecular weight is 306 g/mol. The first kappa shape index (κ1) is 15.3. The maximum atomic E-state index is 11.7. The lowest BCUT2D eigenvalue weighted by Gasteiger charge is -2.52. The Labute approximate surface area is 130 Å². The Bertz CT molecular complexity index is 565. The number of aliphatic hydroxyl groups excluding tert-OH is 1. The molecule has 1 saturated heterocycles. The second-order valence-electron chi connectivity index (χ2n) is 7.10. The number of carbonyl (C=O) groups is 2.